The molecule has 0 bridgehead atoms. The summed E-state index contributed by atoms with van der Waals surface area (Å²) in [4.78, 5) is 36.8. The molecule has 1 aliphatic heterocycles. The maximum absolute atomic E-state index is 12.5. The molecular formula is C14H21NO5. The Morgan fingerprint density at radius 2 is 1.75 bits per heavy atom. The van der Waals surface area contributed by atoms with Crippen LogP contribution in [0.25, 0.3) is 0 Å². The van der Waals surface area contributed by atoms with Crippen molar-refractivity contribution in [1.82, 2.24) is 4.90 Å². The summed E-state index contributed by atoms with van der Waals surface area (Å²) in [5.74, 6) is -2.56. The zero-order chi connectivity index (χ0) is 14.7. The molecule has 20 heavy (non-hydrogen) atoms. The topological polar surface area (TPSA) is 83.9 Å². The Bertz CT molecular complexity index is 408. The Balaban J connectivity index is 2.00. The molecule has 1 saturated carbocycles. The number of carboxylic acids is 1. The number of esters is 1. The molecule has 0 aromatic carbocycles. The third-order valence-corrected chi connectivity index (χ3v) is 4.43. The van der Waals surface area contributed by atoms with E-state index in [4.69, 9.17) is 4.74 Å². The molecule has 0 spiro atoms. The van der Waals surface area contributed by atoms with E-state index in [9.17, 15) is 19.5 Å². The molecule has 2 rings (SSSR count). The summed E-state index contributed by atoms with van der Waals surface area (Å²) in [5, 5.41) is 9.23. The first-order valence-corrected chi connectivity index (χ1v) is 7.14. The first-order valence-electron chi connectivity index (χ1n) is 7.14. The standard InChI is InChI=1S/C14H21NO5/c1-20-14(19)9-6-7-15(8-9)12(16)10-4-2-3-5-11(10)13(17)18/h9-11H,2-8H2,1H3,(H,17,18). The number of carbonyl (C=O) groups is 3. The zero-order valence-corrected chi connectivity index (χ0v) is 11.7. The Labute approximate surface area is 118 Å². The minimum atomic E-state index is -0.883. The van der Waals surface area contributed by atoms with Crippen molar-refractivity contribution in [2.45, 2.75) is 32.1 Å². The van der Waals surface area contributed by atoms with E-state index in [2.05, 4.69) is 0 Å². The van der Waals surface area contributed by atoms with Crippen LogP contribution < -0.4 is 0 Å². The van der Waals surface area contributed by atoms with Crippen LogP contribution in [0.4, 0.5) is 0 Å². The number of rotatable bonds is 3. The highest BCUT2D eigenvalue weighted by molar-refractivity contribution is 5.86. The number of carboxylic acid groups (broad SMARTS) is 1. The summed E-state index contributed by atoms with van der Waals surface area (Å²) in [5.41, 5.74) is 0. The van der Waals surface area contributed by atoms with Gasteiger partial charge in [0.1, 0.15) is 0 Å². The normalized spacial score (nSPS) is 30.1. The first kappa shape index (κ1) is 14.8. The minimum absolute atomic E-state index is 0.108. The van der Waals surface area contributed by atoms with E-state index in [1.807, 2.05) is 0 Å². The van der Waals surface area contributed by atoms with Crippen molar-refractivity contribution in [3.63, 3.8) is 0 Å². The summed E-state index contributed by atoms with van der Waals surface area (Å²) >= 11 is 0. The van der Waals surface area contributed by atoms with Gasteiger partial charge in [0.2, 0.25) is 5.91 Å². The predicted octanol–water partition coefficient (Wildman–Crippen LogP) is 0.899. The van der Waals surface area contributed by atoms with E-state index in [-0.39, 0.29) is 17.8 Å². The Hall–Kier alpha value is -1.59. The second-order valence-corrected chi connectivity index (χ2v) is 5.63. The molecule has 1 saturated heterocycles. The Kier molecular flexibility index (Phi) is 4.62. The van der Waals surface area contributed by atoms with Crippen molar-refractivity contribution >= 4 is 17.8 Å². The number of amides is 1. The number of hydrogen-bond acceptors (Lipinski definition) is 4. The smallest absolute Gasteiger partial charge is 0.310 e. The van der Waals surface area contributed by atoms with Crippen molar-refractivity contribution < 1.29 is 24.2 Å². The highest BCUT2D eigenvalue weighted by atomic mass is 16.5. The highest BCUT2D eigenvalue weighted by Gasteiger charge is 2.40. The van der Waals surface area contributed by atoms with Gasteiger partial charge in [-0.2, -0.15) is 0 Å². The molecule has 6 nitrogen and oxygen atoms in total. The van der Waals surface area contributed by atoms with Crippen LogP contribution in [0.15, 0.2) is 0 Å². The number of nitrogens with zero attached hydrogens (tertiary/aromatic N) is 1. The molecule has 1 aliphatic carbocycles. The largest absolute Gasteiger partial charge is 0.481 e. The van der Waals surface area contributed by atoms with Gasteiger partial charge in [-0.3, -0.25) is 14.4 Å². The van der Waals surface area contributed by atoms with E-state index in [0.717, 1.165) is 12.8 Å². The molecule has 1 amide bonds. The number of hydrogen-bond donors (Lipinski definition) is 1. The molecule has 0 aromatic rings. The van der Waals surface area contributed by atoms with Gasteiger partial charge >= 0.3 is 11.9 Å². The molecular weight excluding hydrogens is 262 g/mol. The van der Waals surface area contributed by atoms with Gasteiger partial charge in [-0.05, 0) is 19.3 Å². The van der Waals surface area contributed by atoms with Gasteiger partial charge in [0.05, 0.1) is 24.9 Å². The molecule has 1 N–H and O–H groups in total. The molecule has 3 unspecified atom stereocenters. The van der Waals surface area contributed by atoms with E-state index in [0.29, 0.717) is 32.4 Å². The van der Waals surface area contributed by atoms with Crippen LogP contribution in [-0.2, 0) is 19.1 Å². The summed E-state index contributed by atoms with van der Waals surface area (Å²) in [6.45, 7) is 0.871. The van der Waals surface area contributed by atoms with E-state index >= 15 is 0 Å². The van der Waals surface area contributed by atoms with Gasteiger partial charge in [0.25, 0.3) is 0 Å². The molecule has 2 aliphatic rings. The third kappa shape index (κ3) is 2.94. The average Bonchev–Trinajstić information content (AvgIpc) is 2.95. The lowest BCUT2D eigenvalue weighted by Crippen LogP contribution is -2.41. The van der Waals surface area contributed by atoms with Gasteiger partial charge in [0.15, 0.2) is 0 Å². The van der Waals surface area contributed by atoms with Crippen molar-refractivity contribution in [1.29, 1.82) is 0 Å². The minimum Gasteiger partial charge on any atom is -0.481 e. The lowest BCUT2D eigenvalue weighted by molar-refractivity contribution is -0.152. The Morgan fingerprint density at radius 1 is 1.10 bits per heavy atom. The Morgan fingerprint density at radius 3 is 2.35 bits per heavy atom. The first-order chi connectivity index (χ1) is 9.54. The highest BCUT2D eigenvalue weighted by Crippen LogP contribution is 2.33. The van der Waals surface area contributed by atoms with Crippen LogP contribution in [0, 0.1) is 17.8 Å². The molecule has 6 heteroatoms. The molecule has 0 aromatic heterocycles. The van der Waals surface area contributed by atoms with Crippen molar-refractivity contribution in [3.05, 3.63) is 0 Å². The van der Waals surface area contributed by atoms with Crippen LogP contribution in [0.5, 0.6) is 0 Å². The van der Waals surface area contributed by atoms with Gasteiger partial charge in [0, 0.05) is 13.1 Å². The molecule has 3 atom stereocenters. The predicted molar refractivity (Wildman–Crippen MR) is 69.8 cm³/mol. The molecule has 0 radical (unpaired) electrons. The maximum atomic E-state index is 12.5. The van der Waals surface area contributed by atoms with Crippen LogP contribution in [0.3, 0.4) is 0 Å². The van der Waals surface area contributed by atoms with Gasteiger partial charge in [-0.15, -0.1) is 0 Å². The summed E-state index contributed by atoms with van der Waals surface area (Å²) in [7, 11) is 1.34. The van der Waals surface area contributed by atoms with Gasteiger partial charge < -0.3 is 14.7 Å². The van der Waals surface area contributed by atoms with Crippen LogP contribution in [-0.4, -0.2) is 48.1 Å². The second-order valence-electron chi connectivity index (χ2n) is 5.63. The number of ether oxygens (including phenoxy) is 1. The second kappa shape index (κ2) is 6.24. The van der Waals surface area contributed by atoms with Gasteiger partial charge in [-0.1, -0.05) is 12.8 Å². The lowest BCUT2D eigenvalue weighted by atomic mass is 9.78. The van der Waals surface area contributed by atoms with Crippen molar-refractivity contribution in [2.75, 3.05) is 20.2 Å². The number of methoxy groups -OCH3 is 1. The van der Waals surface area contributed by atoms with E-state index in [1.165, 1.54) is 7.11 Å². The average molecular weight is 283 g/mol. The molecule has 112 valence electrons. The summed E-state index contributed by atoms with van der Waals surface area (Å²) in [6, 6.07) is 0. The molecule has 1 heterocycles. The van der Waals surface area contributed by atoms with Gasteiger partial charge in [-0.25, -0.2) is 0 Å². The van der Waals surface area contributed by atoms with Crippen molar-refractivity contribution in [3.8, 4) is 0 Å². The lowest BCUT2D eigenvalue weighted by Gasteiger charge is -2.30. The number of likely N-dealkylation sites (tertiary alicyclic amines) is 1. The number of aliphatic carboxylic acids is 1. The monoisotopic (exact) mass is 283 g/mol. The quantitative estimate of drug-likeness (QED) is 0.778. The van der Waals surface area contributed by atoms with Crippen LogP contribution in [0.1, 0.15) is 32.1 Å². The SMILES string of the molecule is COC(=O)C1CCN(C(=O)C2CCCCC2C(=O)O)C1. The van der Waals surface area contributed by atoms with Crippen LogP contribution in [0.2, 0.25) is 0 Å². The number of carbonyl (C=O) groups excluding carboxylic acids is 2. The fourth-order valence-electron chi connectivity index (χ4n) is 3.28. The fraction of sp³-hybridized carbons (Fsp3) is 0.786. The molecule has 2 fully saturated rings. The third-order valence-electron chi connectivity index (χ3n) is 4.43. The zero-order valence-electron chi connectivity index (χ0n) is 11.7. The fourth-order valence-corrected chi connectivity index (χ4v) is 3.28. The van der Waals surface area contributed by atoms with Crippen LogP contribution >= 0.6 is 0 Å². The van der Waals surface area contributed by atoms with E-state index < -0.39 is 17.8 Å². The van der Waals surface area contributed by atoms with Crippen molar-refractivity contribution in [2.24, 2.45) is 17.8 Å². The summed E-state index contributed by atoms with van der Waals surface area (Å²) < 4.78 is 4.70. The summed E-state index contributed by atoms with van der Waals surface area (Å²) in [6.07, 6.45) is 3.57. The van der Waals surface area contributed by atoms with E-state index in [1.54, 1.807) is 4.90 Å². The maximum Gasteiger partial charge on any atom is 0.310 e.